The molecule has 1 aliphatic heterocycles. The van der Waals surface area contributed by atoms with Crippen molar-refractivity contribution in [1.29, 1.82) is 0 Å². The number of hydrogen-bond acceptors (Lipinski definition) is 5. The number of aliphatic hydroxyl groups excluding tert-OH is 1. The van der Waals surface area contributed by atoms with Crippen LogP contribution in [0.1, 0.15) is 19.3 Å². The zero-order valence-corrected chi connectivity index (χ0v) is 15.3. The molecule has 1 aliphatic rings. The molecule has 0 amide bonds. The van der Waals surface area contributed by atoms with Crippen LogP contribution in [-0.2, 0) is 0 Å². The van der Waals surface area contributed by atoms with Crippen LogP contribution in [-0.4, -0.2) is 54.8 Å². The third-order valence-corrected chi connectivity index (χ3v) is 6.01. The van der Waals surface area contributed by atoms with Crippen LogP contribution < -0.4 is 4.90 Å². The molecule has 4 nitrogen and oxygen atoms in total. The van der Waals surface area contributed by atoms with Gasteiger partial charge in [-0.3, -0.25) is 0 Å². The van der Waals surface area contributed by atoms with E-state index in [1.54, 1.807) is 11.3 Å². The maximum absolute atomic E-state index is 9.18. The minimum Gasteiger partial charge on any atom is -0.396 e. The Morgan fingerprint density at radius 3 is 3.00 bits per heavy atom. The zero-order valence-electron chi connectivity index (χ0n) is 13.7. The molecule has 1 N–H and O–H groups in total. The van der Waals surface area contributed by atoms with Crippen LogP contribution >= 0.6 is 22.9 Å². The monoisotopic (exact) mass is 353 g/mol. The number of fused-ring (bicyclic) bond motifs is 1. The molecular weight excluding hydrogens is 330 g/mol. The van der Waals surface area contributed by atoms with Crippen LogP contribution in [0.4, 0.5) is 5.13 Å². The van der Waals surface area contributed by atoms with Gasteiger partial charge < -0.3 is 14.9 Å². The van der Waals surface area contributed by atoms with Crippen LogP contribution in [0.5, 0.6) is 0 Å². The van der Waals surface area contributed by atoms with Gasteiger partial charge in [0.25, 0.3) is 0 Å². The van der Waals surface area contributed by atoms with E-state index in [2.05, 4.69) is 23.9 Å². The van der Waals surface area contributed by atoms with E-state index in [0.29, 0.717) is 12.0 Å². The highest BCUT2D eigenvalue weighted by Gasteiger charge is 2.31. The topological polar surface area (TPSA) is 39.6 Å². The van der Waals surface area contributed by atoms with Crippen molar-refractivity contribution >= 4 is 38.3 Å². The number of hydrogen-bond donors (Lipinski definition) is 1. The van der Waals surface area contributed by atoms with Crippen LogP contribution in [0, 0.1) is 5.92 Å². The number of nitrogens with zero attached hydrogens (tertiary/aromatic N) is 3. The zero-order chi connectivity index (χ0) is 16.4. The molecule has 0 aliphatic carbocycles. The third-order valence-electron chi connectivity index (χ3n) is 4.70. The van der Waals surface area contributed by atoms with Crippen molar-refractivity contribution in [3.8, 4) is 0 Å². The van der Waals surface area contributed by atoms with Gasteiger partial charge in [-0.1, -0.05) is 22.9 Å². The highest BCUT2D eigenvalue weighted by molar-refractivity contribution is 7.22. The molecule has 2 atom stereocenters. The Labute approximate surface area is 146 Å². The van der Waals surface area contributed by atoms with Gasteiger partial charge in [-0.05, 0) is 57.5 Å². The molecule has 1 saturated heterocycles. The van der Waals surface area contributed by atoms with E-state index in [1.165, 1.54) is 0 Å². The lowest BCUT2D eigenvalue weighted by atomic mass is 9.88. The second kappa shape index (κ2) is 7.34. The Hall–Kier alpha value is -0.880. The van der Waals surface area contributed by atoms with Gasteiger partial charge in [0.2, 0.25) is 0 Å². The van der Waals surface area contributed by atoms with Crippen molar-refractivity contribution in [3.63, 3.8) is 0 Å². The van der Waals surface area contributed by atoms with Gasteiger partial charge >= 0.3 is 0 Å². The number of thiazole rings is 1. The lowest BCUT2D eigenvalue weighted by molar-refractivity contribution is 0.161. The molecule has 0 bridgehead atoms. The summed E-state index contributed by atoms with van der Waals surface area (Å²) in [5.41, 5.74) is 1.02. The lowest BCUT2D eigenvalue weighted by Crippen LogP contribution is -2.49. The quantitative estimate of drug-likeness (QED) is 0.893. The smallest absolute Gasteiger partial charge is 0.186 e. The Balaban J connectivity index is 1.79. The highest BCUT2D eigenvalue weighted by atomic mass is 35.5. The molecule has 2 aromatic rings. The first-order valence-corrected chi connectivity index (χ1v) is 9.36. The van der Waals surface area contributed by atoms with Crippen molar-refractivity contribution in [3.05, 3.63) is 23.2 Å². The fourth-order valence-corrected chi connectivity index (χ4v) is 4.81. The van der Waals surface area contributed by atoms with Gasteiger partial charge in [-0.2, -0.15) is 0 Å². The van der Waals surface area contributed by atoms with Gasteiger partial charge in [-0.25, -0.2) is 4.98 Å². The summed E-state index contributed by atoms with van der Waals surface area (Å²) in [6.45, 7) is 2.32. The molecular formula is C17H24ClN3OS. The molecule has 23 heavy (non-hydrogen) atoms. The molecule has 126 valence electrons. The average molecular weight is 354 g/mol. The molecule has 0 unspecified atom stereocenters. The molecule has 1 fully saturated rings. The summed E-state index contributed by atoms with van der Waals surface area (Å²) in [7, 11) is 4.32. The number of rotatable bonds is 5. The molecule has 1 aromatic heterocycles. The van der Waals surface area contributed by atoms with E-state index in [4.69, 9.17) is 16.6 Å². The number of aliphatic hydroxyl groups is 1. The van der Waals surface area contributed by atoms with E-state index >= 15 is 0 Å². The predicted molar refractivity (Wildman–Crippen MR) is 98.7 cm³/mol. The summed E-state index contributed by atoms with van der Waals surface area (Å²) < 4.78 is 1.15. The molecule has 0 radical (unpaired) electrons. The van der Waals surface area contributed by atoms with Crippen molar-refractivity contribution in [1.82, 2.24) is 9.88 Å². The fraction of sp³-hybridized carbons (Fsp3) is 0.588. The van der Waals surface area contributed by atoms with Gasteiger partial charge in [0.1, 0.15) is 0 Å². The SMILES string of the molecule is CN(C)[C@H]1CCN(c2nc3ccc(Cl)cc3s2)C[C@H]1CCCO. The first-order chi connectivity index (χ1) is 11.1. The third kappa shape index (κ3) is 3.79. The molecule has 3 rings (SSSR count). The van der Waals surface area contributed by atoms with E-state index in [0.717, 1.165) is 52.7 Å². The summed E-state index contributed by atoms with van der Waals surface area (Å²) in [6, 6.07) is 6.47. The average Bonchev–Trinajstić information content (AvgIpc) is 2.95. The van der Waals surface area contributed by atoms with E-state index in [1.807, 2.05) is 18.2 Å². The Morgan fingerprint density at radius 2 is 2.26 bits per heavy atom. The first-order valence-electron chi connectivity index (χ1n) is 8.17. The maximum atomic E-state index is 9.18. The second-order valence-electron chi connectivity index (χ2n) is 6.50. The summed E-state index contributed by atoms with van der Waals surface area (Å²) in [4.78, 5) is 9.52. The van der Waals surface area contributed by atoms with Gasteiger partial charge in [0, 0.05) is 30.8 Å². The standard InChI is InChI=1S/C17H24ClN3OS/c1-20(2)15-7-8-21(11-12(15)4-3-9-22)17-19-14-6-5-13(18)10-16(14)23-17/h5-6,10,12,15,22H,3-4,7-9,11H2,1-2H3/t12-,15+/m1/s1. The highest BCUT2D eigenvalue weighted by Crippen LogP contribution is 2.34. The number of anilines is 1. The predicted octanol–water partition coefficient (Wildman–Crippen LogP) is 3.48. The first kappa shape index (κ1) is 17.0. The Kier molecular flexibility index (Phi) is 5.42. The Morgan fingerprint density at radius 1 is 1.43 bits per heavy atom. The summed E-state index contributed by atoms with van der Waals surface area (Å²) in [5, 5.41) is 11.0. The van der Waals surface area contributed by atoms with Crippen LogP contribution in [0.2, 0.25) is 5.02 Å². The van der Waals surface area contributed by atoms with Crippen LogP contribution in [0.15, 0.2) is 18.2 Å². The second-order valence-corrected chi connectivity index (χ2v) is 7.95. The number of aromatic nitrogens is 1. The summed E-state index contributed by atoms with van der Waals surface area (Å²) >= 11 is 7.80. The van der Waals surface area contributed by atoms with E-state index < -0.39 is 0 Å². The summed E-state index contributed by atoms with van der Waals surface area (Å²) in [5.74, 6) is 0.571. The normalized spacial score (nSPS) is 22.2. The maximum Gasteiger partial charge on any atom is 0.186 e. The van der Waals surface area contributed by atoms with E-state index in [9.17, 15) is 5.11 Å². The van der Waals surface area contributed by atoms with Gasteiger partial charge in [0.15, 0.2) is 5.13 Å². The number of piperidine rings is 1. The van der Waals surface area contributed by atoms with Gasteiger partial charge in [0.05, 0.1) is 10.2 Å². The molecule has 2 heterocycles. The molecule has 1 aromatic carbocycles. The molecule has 0 spiro atoms. The largest absolute Gasteiger partial charge is 0.396 e. The molecule has 6 heteroatoms. The van der Waals surface area contributed by atoms with Crippen molar-refractivity contribution in [2.75, 3.05) is 38.7 Å². The summed E-state index contributed by atoms with van der Waals surface area (Å²) in [6.07, 6.45) is 3.07. The fourth-order valence-electron chi connectivity index (χ4n) is 3.53. The van der Waals surface area contributed by atoms with Crippen molar-refractivity contribution < 1.29 is 5.11 Å². The van der Waals surface area contributed by atoms with Crippen LogP contribution in [0.3, 0.4) is 0 Å². The van der Waals surface area contributed by atoms with E-state index in [-0.39, 0.29) is 6.61 Å². The minimum absolute atomic E-state index is 0.274. The van der Waals surface area contributed by atoms with Gasteiger partial charge in [-0.15, -0.1) is 0 Å². The van der Waals surface area contributed by atoms with Crippen molar-refractivity contribution in [2.24, 2.45) is 5.92 Å². The Bertz CT molecular complexity index is 660. The van der Waals surface area contributed by atoms with Crippen molar-refractivity contribution in [2.45, 2.75) is 25.3 Å². The minimum atomic E-state index is 0.274. The number of halogens is 1. The van der Waals surface area contributed by atoms with Crippen LogP contribution in [0.25, 0.3) is 10.2 Å². The lowest BCUT2D eigenvalue weighted by Gasteiger charge is -2.41. The molecule has 0 saturated carbocycles. The number of benzene rings is 1.